The highest BCUT2D eigenvalue weighted by Crippen LogP contribution is 2.32. The van der Waals surface area contributed by atoms with Gasteiger partial charge in [0.25, 0.3) is 0 Å². The largest absolute Gasteiger partial charge is 0.471 e. The predicted molar refractivity (Wildman–Crippen MR) is 81.8 cm³/mol. The van der Waals surface area contributed by atoms with Crippen molar-refractivity contribution in [3.63, 3.8) is 0 Å². The Morgan fingerprint density at radius 2 is 1.81 bits per heavy atom. The average Bonchev–Trinajstić information content (AvgIpc) is 2.52. The second kappa shape index (κ2) is 7.61. The number of piperidine rings is 1. The molecule has 150 valence electrons. The smallest absolute Gasteiger partial charge is 0.344 e. The molecule has 0 unspecified atom stereocenters. The molecule has 0 radical (unpaired) electrons. The summed E-state index contributed by atoms with van der Waals surface area (Å²) in [5.74, 6) is -2.26. The Morgan fingerprint density at radius 1 is 1.15 bits per heavy atom. The first-order valence-corrected chi connectivity index (χ1v) is 7.83. The first-order chi connectivity index (χ1) is 12.4. The van der Waals surface area contributed by atoms with Crippen molar-refractivity contribution in [3.8, 4) is 0 Å². The maximum Gasteiger partial charge on any atom is 0.471 e. The van der Waals surface area contributed by atoms with E-state index in [-0.39, 0.29) is 12.2 Å². The molecule has 27 heavy (non-hydrogen) atoms. The lowest BCUT2D eigenvalue weighted by Crippen LogP contribution is -2.60. The number of aryl methyl sites for hydroxylation is 1. The standard InChI is InChI=1S/C15H16F6N4O2/c1-8-3-2-4-11(22-8)24-13(27)25-7-9(23-12(26)15(19,20)21)5-6-10(25)14(16,17)18/h2-4,9-10H,5-7H2,1H3,(H,23,26)(H,22,24,27)/t9-,10-/m1/s1. The molecule has 1 aliphatic rings. The molecule has 3 amide bonds. The molecule has 2 heterocycles. The zero-order valence-corrected chi connectivity index (χ0v) is 14.0. The molecular weight excluding hydrogens is 382 g/mol. The van der Waals surface area contributed by atoms with Gasteiger partial charge in [0.15, 0.2) is 0 Å². The van der Waals surface area contributed by atoms with E-state index in [1.807, 2.05) is 0 Å². The molecule has 0 aromatic carbocycles. The van der Waals surface area contributed by atoms with E-state index in [0.717, 1.165) is 0 Å². The van der Waals surface area contributed by atoms with Crippen molar-refractivity contribution in [1.29, 1.82) is 0 Å². The molecule has 1 fully saturated rings. The highest BCUT2D eigenvalue weighted by Gasteiger charge is 2.49. The van der Waals surface area contributed by atoms with Crippen molar-refractivity contribution in [2.75, 3.05) is 11.9 Å². The number of carbonyl (C=O) groups is 2. The number of hydrogen-bond donors (Lipinski definition) is 2. The fourth-order valence-corrected chi connectivity index (χ4v) is 2.71. The van der Waals surface area contributed by atoms with Gasteiger partial charge in [0.05, 0.1) is 0 Å². The molecule has 1 aromatic rings. The topological polar surface area (TPSA) is 74.3 Å². The Kier molecular flexibility index (Phi) is 5.85. The number of pyridine rings is 1. The van der Waals surface area contributed by atoms with Crippen LogP contribution in [0.3, 0.4) is 0 Å². The Hall–Kier alpha value is -2.53. The molecule has 1 saturated heterocycles. The number of halogens is 6. The SMILES string of the molecule is Cc1cccc(NC(=O)N2C[C@H](NC(=O)C(F)(F)F)CC[C@@H]2C(F)(F)F)n1. The van der Waals surface area contributed by atoms with Crippen LogP contribution in [0.2, 0.25) is 0 Å². The first kappa shape index (κ1) is 20.8. The zero-order chi connectivity index (χ0) is 20.4. The number of nitrogens with one attached hydrogen (secondary N) is 2. The van der Waals surface area contributed by atoms with Crippen LogP contribution in [0.25, 0.3) is 0 Å². The third-order valence-corrected chi connectivity index (χ3v) is 3.94. The lowest BCUT2D eigenvalue weighted by molar-refractivity contribution is -0.186. The van der Waals surface area contributed by atoms with Crippen molar-refractivity contribution >= 4 is 17.8 Å². The van der Waals surface area contributed by atoms with E-state index in [1.165, 1.54) is 12.1 Å². The van der Waals surface area contributed by atoms with Crippen LogP contribution >= 0.6 is 0 Å². The van der Waals surface area contributed by atoms with Gasteiger partial charge in [-0.25, -0.2) is 9.78 Å². The van der Waals surface area contributed by atoms with Crippen LogP contribution in [0.5, 0.6) is 0 Å². The van der Waals surface area contributed by atoms with E-state index >= 15 is 0 Å². The van der Waals surface area contributed by atoms with Gasteiger partial charge < -0.3 is 10.2 Å². The summed E-state index contributed by atoms with van der Waals surface area (Å²) in [4.78, 5) is 27.6. The van der Waals surface area contributed by atoms with Crippen LogP contribution in [-0.4, -0.2) is 52.8 Å². The highest BCUT2D eigenvalue weighted by molar-refractivity contribution is 5.89. The predicted octanol–water partition coefficient (Wildman–Crippen LogP) is 3.00. The van der Waals surface area contributed by atoms with E-state index in [1.54, 1.807) is 18.3 Å². The quantitative estimate of drug-likeness (QED) is 0.753. The molecule has 0 saturated carbocycles. The van der Waals surface area contributed by atoms with Gasteiger partial charge in [0, 0.05) is 18.3 Å². The van der Waals surface area contributed by atoms with Gasteiger partial charge in [-0.2, -0.15) is 26.3 Å². The fourth-order valence-electron chi connectivity index (χ4n) is 2.71. The summed E-state index contributed by atoms with van der Waals surface area (Å²) in [6, 6.07) is -0.100. The van der Waals surface area contributed by atoms with Crippen LogP contribution in [0, 0.1) is 6.92 Å². The number of alkyl halides is 6. The molecular formula is C15H16F6N4O2. The number of rotatable bonds is 2. The molecule has 12 heteroatoms. The van der Waals surface area contributed by atoms with Crippen molar-refractivity contribution in [2.24, 2.45) is 0 Å². The second-order valence-corrected chi connectivity index (χ2v) is 6.05. The average molecular weight is 398 g/mol. The Bertz CT molecular complexity index is 706. The van der Waals surface area contributed by atoms with Crippen molar-refractivity contribution < 1.29 is 35.9 Å². The van der Waals surface area contributed by atoms with E-state index in [9.17, 15) is 35.9 Å². The highest BCUT2D eigenvalue weighted by atomic mass is 19.4. The number of anilines is 1. The van der Waals surface area contributed by atoms with Gasteiger partial charge in [-0.3, -0.25) is 10.1 Å². The van der Waals surface area contributed by atoms with Crippen molar-refractivity contribution in [3.05, 3.63) is 23.9 Å². The van der Waals surface area contributed by atoms with Crippen LogP contribution in [-0.2, 0) is 4.79 Å². The third kappa shape index (κ3) is 5.47. The fraction of sp³-hybridized carbons (Fsp3) is 0.533. The van der Waals surface area contributed by atoms with Crippen LogP contribution in [0.4, 0.5) is 37.0 Å². The molecule has 2 rings (SSSR count). The van der Waals surface area contributed by atoms with Gasteiger partial charge in [0.2, 0.25) is 0 Å². The zero-order valence-electron chi connectivity index (χ0n) is 14.0. The Balaban J connectivity index is 2.16. The van der Waals surface area contributed by atoms with Crippen molar-refractivity contribution in [2.45, 2.75) is 44.2 Å². The van der Waals surface area contributed by atoms with E-state index in [2.05, 4.69) is 10.3 Å². The number of hydrogen-bond acceptors (Lipinski definition) is 3. The minimum atomic E-state index is -5.17. The molecule has 0 bridgehead atoms. The normalized spacial score (nSPS) is 20.9. The summed E-state index contributed by atoms with van der Waals surface area (Å²) < 4.78 is 76.8. The number of urea groups is 1. The third-order valence-electron chi connectivity index (χ3n) is 3.94. The summed E-state index contributed by atoms with van der Waals surface area (Å²) in [7, 11) is 0. The molecule has 0 spiro atoms. The maximum atomic E-state index is 13.2. The van der Waals surface area contributed by atoms with Crippen LogP contribution in [0.1, 0.15) is 18.5 Å². The lowest BCUT2D eigenvalue weighted by Gasteiger charge is -2.40. The minimum Gasteiger partial charge on any atom is -0.344 e. The molecule has 1 aliphatic heterocycles. The summed E-state index contributed by atoms with van der Waals surface area (Å²) >= 11 is 0. The molecule has 1 aromatic heterocycles. The minimum absolute atomic E-state index is 0.00220. The molecule has 2 N–H and O–H groups in total. The van der Waals surface area contributed by atoms with E-state index in [0.29, 0.717) is 10.6 Å². The summed E-state index contributed by atoms with van der Waals surface area (Å²) in [5, 5.41) is 3.82. The molecule has 2 atom stereocenters. The number of nitrogens with zero attached hydrogens (tertiary/aromatic N) is 2. The number of aromatic nitrogens is 1. The Morgan fingerprint density at radius 3 is 2.37 bits per heavy atom. The number of carbonyl (C=O) groups excluding carboxylic acids is 2. The van der Waals surface area contributed by atoms with Gasteiger partial charge in [-0.05, 0) is 31.9 Å². The van der Waals surface area contributed by atoms with Crippen LogP contribution in [0.15, 0.2) is 18.2 Å². The monoisotopic (exact) mass is 398 g/mol. The molecule has 6 nitrogen and oxygen atoms in total. The summed E-state index contributed by atoms with van der Waals surface area (Å²) in [6.07, 6.45) is -10.9. The Labute approximate surface area is 149 Å². The second-order valence-electron chi connectivity index (χ2n) is 6.05. The first-order valence-electron chi connectivity index (χ1n) is 7.83. The van der Waals surface area contributed by atoms with Gasteiger partial charge >= 0.3 is 24.3 Å². The maximum absolute atomic E-state index is 13.2. The number of likely N-dealkylation sites (tertiary alicyclic amines) is 1. The van der Waals surface area contributed by atoms with Crippen molar-refractivity contribution in [1.82, 2.24) is 15.2 Å². The van der Waals surface area contributed by atoms with Gasteiger partial charge in [0.1, 0.15) is 11.9 Å². The van der Waals surface area contributed by atoms with Gasteiger partial charge in [-0.1, -0.05) is 6.07 Å². The summed E-state index contributed by atoms with van der Waals surface area (Å²) in [5.41, 5.74) is 0.508. The number of amides is 3. The lowest BCUT2D eigenvalue weighted by atomic mass is 9.98. The van der Waals surface area contributed by atoms with E-state index in [4.69, 9.17) is 0 Å². The van der Waals surface area contributed by atoms with E-state index < -0.39 is 49.3 Å². The summed E-state index contributed by atoms with van der Waals surface area (Å²) in [6.45, 7) is 0.890. The molecule has 0 aliphatic carbocycles. The van der Waals surface area contributed by atoms with Crippen LogP contribution < -0.4 is 10.6 Å². The van der Waals surface area contributed by atoms with Gasteiger partial charge in [-0.15, -0.1) is 0 Å².